The summed E-state index contributed by atoms with van der Waals surface area (Å²) in [4.78, 5) is 9.45. The van der Waals surface area contributed by atoms with Gasteiger partial charge >= 0.3 is 0 Å². The molecule has 158 valence electrons. The minimum absolute atomic E-state index is 0.0394. The lowest BCUT2D eigenvalue weighted by Gasteiger charge is -2.17. The van der Waals surface area contributed by atoms with Gasteiger partial charge in [-0.1, -0.05) is 12.1 Å². The van der Waals surface area contributed by atoms with E-state index in [1.807, 2.05) is 38.1 Å². The molecule has 9 heteroatoms. The van der Waals surface area contributed by atoms with Crippen LogP contribution < -0.4 is 15.4 Å². The van der Waals surface area contributed by atoms with Gasteiger partial charge in [0.15, 0.2) is 0 Å². The summed E-state index contributed by atoms with van der Waals surface area (Å²) in [6.07, 6.45) is 1.71. The monoisotopic (exact) mass is 427 g/mol. The molecule has 2 aromatic carbocycles. The normalized spacial score (nSPS) is 12.8. The molecule has 0 saturated carbocycles. The molecule has 0 radical (unpaired) electrons. The van der Waals surface area contributed by atoms with Crippen molar-refractivity contribution in [2.45, 2.75) is 24.8 Å². The number of nitrogens with zero attached hydrogens (tertiary/aromatic N) is 2. The summed E-state index contributed by atoms with van der Waals surface area (Å²) < 4.78 is 24.0. The highest BCUT2D eigenvalue weighted by Crippen LogP contribution is 2.29. The van der Waals surface area contributed by atoms with Gasteiger partial charge < -0.3 is 20.5 Å². The Morgan fingerprint density at radius 2 is 1.87 bits per heavy atom. The van der Waals surface area contributed by atoms with Crippen LogP contribution in [-0.2, 0) is 10.6 Å². The van der Waals surface area contributed by atoms with Crippen LogP contribution in [0.25, 0.3) is 11.1 Å². The molecule has 2 atom stereocenters. The molecular formula is C21H25N5O3S. The maximum atomic E-state index is 11.3. The number of aliphatic hydroxyl groups excluding tert-OH is 1. The average Bonchev–Trinajstić information content (AvgIpc) is 2.75. The highest BCUT2D eigenvalue weighted by Gasteiger charge is 2.12. The van der Waals surface area contributed by atoms with Crippen molar-refractivity contribution < 1.29 is 14.1 Å². The van der Waals surface area contributed by atoms with Crippen molar-refractivity contribution in [2.24, 2.45) is 0 Å². The number of thiol groups is 1. The van der Waals surface area contributed by atoms with Gasteiger partial charge in [0.1, 0.15) is 11.6 Å². The topological polar surface area (TPSA) is 120 Å². The second kappa shape index (κ2) is 10.0. The molecule has 0 bridgehead atoms. The quantitative estimate of drug-likeness (QED) is 0.330. The SMILES string of the molecule is CCOc1ccc(-c2cnc(Nc3ccc([SH](=N)=O)cc3)nc2N[C@H](C)CO)cc1. The number of anilines is 3. The van der Waals surface area contributed by atoms with Gasteiger partial charge in [-0.05, 0) is 55.8 Å². The molecule has 0 fully saturated rings. The van der Waals surface area contributed by atoms with Crippen LogP contribution in [0, 0.1) is 4.78 Å². The summed E-state index contributed by atoms with van der Waals surface area (Å²) in [6, 6.07) is 14.2. The minimum atomic E-state index is -2.12. The summed E-state index contributed by atoms with van der Waals surface area (Å²) in [5, 5.41) is 15.8. The standard InChI is InChI=1S/C21H25N5O3S/c1-3-29-17-8-4-15(5-9-17)19-12-23-21(26-20(19)24-14(2)13-27)25-16-6-10-18(11-7-16)30(22)28/h4-12,14,22,27,30H,3,13H2,1-2H3,(H2,23,24,25,26)/t14-/m1/s1. The van der Waals surface area contributed by atoms with Gasteiger partial charge in [-0.25, -0.2) is 9.19 Å². The van der Waals surface area contributed by atoms with E-state index in [0.29, 0.717) is 29.0 Å². The van der Waals surface area contributed by atoms with Gasteiger partial charge in [-0.2, -0.15) is 4.98 Å². The maximum Gasteiger partial charge on any atom is 0.229 e. The molecule has 1 aromatic heterocycles. The lowest BCUT2D eigenvalue weighted by Crippen LogP contribution is -2.21. The number of aliphatic hydroxyl groups is 1. The number of nitrogens with one attached hydrogen (secondary N) is 3. The Kier molecular flexibility index (Phi) is 7.21. The van der Waals surface area contributed by atoms with Crippen LogP contribution in [0.15, 0.2) is 59.6 Å². The zero-order valence-electron chi connectivity index (χ0n) is 16.8. The Balaban J connectivity index is 1.90. The number of benzene rings is 2. The van der Waals surface area contributed by atoms with E-state index < -0.39 is 10.6 Å². The van der Waals surface area contributed by atoms with Crippen LogP contribution in [0.4, 0.5) is 17.5 Å². The molecule has 0 aliphatic heterocycles. The van der Waals surface area contributed by atoms with Crippen LogP contribution in [0.1, 0.15) is 13.8 Å². The fraction of sp³-hybridized carbons (Fsp3) is 0.238. The van der Waals surface area contributed by atoms with E-state index in [2.05, 4.69) is 20.6 Å². The number of hydrogen-bond donors (Lipinski definition) is 5. The Hall–Kier alpha value is -3.17. The average molecular weight is 428 g/mol. The van der Waals surface area contributed by atoms with Gasteiger partial charge in [0.25, 0.3) is 0 Å². The summed E-state index contributed by atoms with van der Waals surface area (Å²) in [5.41, 5.74) is 2.43. The second-order valence-electron chi connectivity index (χ2n) is 6.61. The summed E-state index contributed by atoms with van der Waals surface area (Å²) in [5.74, 6) is 1.75. The largest absolute Gasteiger partial charge is 0.494 e. The molecule has 0 aliphatic rings. The molecule has 0 amide bonds. The van der Waals surface area contributed by atoms with Crippen molar-refractivity contribution in [2.75, 3.05) is 23.8 Å². The van der Waals surface area contributed by atoms with E-state index in [0.717, 1.165) is 16.9 Å². The van der Waals surface area contributed by atoms with E-state index >= 15 is 0 Å². The van der Waals surface area contributed by atoms with Crippen LogP contribution in [0.2, 0.25) is 0 Å². The molecule has 3 aromatic rings. The van der Waals surface area contributed by atoms with E-state index in [-0.39, 0.29) is 12.6 Å². The first-order valence-corrected chi connectivity index (χ1v) is 10.8. The zero-order chi connectivity index (χ0) is 21.5. The molecule has 8 nitrogen and oxygen atoms in total. The van der Waals surface area contributed by atoms with Crippen LogP contribution in [0.5, 0.6) is 5.75 Å². The third-order valence-electron chi connectivity index (χ3n) is 4.28. The van der Waals surface area contributed by atoms with Gasteiger partial charge in [-0.15, -0.1) is 0 Å². The summed E-state index contributed by atoms with van der Waals surface area (Å²) >= 11 is 0. The van der Waals surface area contributed by atoms with Gasteiger partial charge in [0, 0.05) is 28.4 Å². The minimum Gasteiger partial charge on any atom is -0.494 e. The summed E-state index contributed by atoms with van der Waals surface area (Å²) in [7, 11) is -2.12. The van der Waals surface area contributed by atoms with E-state index in [9.17, 15) is 9.32 Å². The summed E-state index contributed by atoms with van der Waals surface area (Å²) in [6.45, 7) is 4.36. The van der Waals surface area contributed by atoms with Crippen molar-refractivity contribution in [1.29, 1.82) is 4.78 Å². The molecule has 3 rings (SSSR count). The Morgan fingerprint density at radius 3 is 2.47 bits per heavy atom. The van der Waals surface area contributed by atoms with Crippen molar-refractivity contribution >= 4 is 28.0 Å². The highest BCUT2D eigenvalue weighted by molar-refractivity contribution is 7.73. The number of ether oxygens (including phenoxy) is 1. The smallest absolute Gasteiger partial charge is 0.229 e. The van der Waals surface area contributed by atoms with Crippen molar-refractivity contribution in [3.8, 4) is 16.9 Å². The van der Waals surface area contributed by atoms with Crippen LogP contribution in [-0.4, -0.2) is 38.5 Å². The molecule has 30 heavy (non-hydrogen) atoms. The lowest BCUT2D eigenvalue weighted by atomic mass is 10.1. The van der Waals surface area contributed by atoms with Gasteiger partial charge in [-0.3, -0.25) is 4.78 Å². The number of rotatable bonds is 9. The third kappa shape index (κ3) is 5.46. The first kappa shape index (κ1) is 21.5. The molecule has 0 spiro atoms. The van der Waals surface area contributed by atoms with E-state index in [4.69, 9.17) is 9.52 Å². The Morgan fingerprint density at radius 1 is 1.17 bits per heavy atom. The molecule has 0 saturated heterocycles. The van der Waals surface area contributed by atoms with E-state index in [1.54, 1.807) is 30.5 Å². The van der Waals surface area contributed by atoms with E-state index in [1.165, 1.54) is 0 Å². The predicted molar refractivity (Wildman–Crippen MR) is 119 cm³/mol. The second-order valence-corrected chi connectivity index (χ2v) is 7.71. The third-order valence-corrected chi connectivity index (χ3v) is 5.05. The molecule has 1 unspecified atom stereocenters. The van der Waals surface area contributed by atoms with Crippen LogP contribution >= 0.6 is 0 Å². The molecule has 1 heterocycles. The molecule has 4 N–H and O–H groups in total. The van der Waals surface area contributed by atoms with Gasteiger partial charge in [0.05, 0.1) is 23.8 Å². The number of aromatic nitrogens is 2. The number of hydrogen-bond acceptors (Lipinski definition) is 8. The van der Waals surface area contributed by atoms with Crippen molar-refractivity contribution in [3.05, 3.63) is 54.7 Å². The lowest BCUT2D eigenvalue weighted by molar-refractivity contribution is 0.281. The molecule has 0 aliphatic carbocycles. The van der Waals surface area contributed by atoms with Crippen molar-refractivity contribution in [1.82, 2.24) is 9.97 Å². The van der Waals surface area contributed by atoms with Crippen molar-refractivity contribution in [3.63, 3.8) is 0 Å². The fourth-order valence-electron chi connectivity index (χ4n) is 2.75. The zero-order valence-corrected chi connectivity index (χ0v) is 17.7. The molecular weight excluding hydrogens is 402 g/mol. The van der Waals surface area contributed by atoms with Gasteiger partial charge in [0.2, 0.25) is 5.95 Å². The highest BCUT2D eigenvalue weighted by atomic mass is 32.2. The Bertz CT molecular complexity index is 1050. The first-order chi connectivity index (χ1) is 14.5. The van der Waals surface area contributed by atoms with Crippen LogP contribution in [0.3, 0.4) is 0 Å². The Labute approximate surface area is 177 Å². The fourth-order valence-corrected chi connectivity index (χ4v) is 3.17. The maximum absolute atomic E-state index is 11.3. The first-order valence-electron chi connectivity index (χ1n) is 9.53. The predicted octanol–water partition coefficient (Wildman–Crippen LogP) is 3.68.